The molecular weight excluding hydrogens is 286 g/mol. The van der Waals surface area contributed by atoms with Gasteiger partial charge in [-0.3, -0.25) is 4.79 Å². The van der Waals surface area contributed by atoms with Gasteiger partial charge in [-0.1, -0.05) is 15.9 Å². The highest BCUT2D eigenvalue weighted by molar-refractivity contribution is 9.09. The summed E-state index contributed by atoms with van der Waals surface area (Å²) in [5.41, 5.74) is 0.627. The minimum Gasteiger partial charge on any atom is -0.494 e. The van der Waals surface area contributed by atoms with Crippen LogP contribution in [0.1, 0.15) is 13.8 Å². The van der Waals surface area contributed by atoms with E-state index in [1.54, 1.807) is 12.1 Å². The summed E-state index contributed by atoms with van der Waals surface area (Å²) in [6.45, 7) is 4.94. The summed E-state index contributed by atoms with van der Waals surface area (Å²) in [6, 6.07) is 5.37. The molecule has 0 saturated carbocycles. The number of ether oxygens (including phenoxy) is 2. The second-order valence-corrected chi connectivity index (χ2v) is 3.77. The maximum atomic E-state index is 11.4. The van der Waals surface area contributed by atoms with Crippen LogP contribution in [0.25, 0.3) is 0 Å². The van der Waals surface area contributed by atoms with Crippen molar-refractivity contribution in [1.29, 1.82) is 0 Å². The van der Waals surface area contributed by atoms with Crippen LogP contribution in [0.15, 0.2) is 18.2 Å². The molecule has 0 atom stereocenters. The molecule has 94 valence electrons. The molecule has 1 N–H and O–H groups in total. The van der Waals surface area contributed by atoms with Crippen LogP contribution in [0, 0.1) is 0 Å². The molecular formula is C12H16BrNO3. The summed E-state index contributed by atoms with van der Waals surface area (Å²) >= 11 is 3.10. The van der Waals surface area contributed by atoms with Gasteiger partial charge in [0.2, 0.25) is 5.91 Å². The number of halogens is 1. The topological polar surface area (TPSA) is 47.6 Å². The molecule has 0 aliphatic carbocycles. The molecule has 0 aromatic heterocycles. The Labute approximate surface area is 109 Å². The first-order valence-electron chi connectivity index (χ1n) is 5.46. The van der Waals surface area contributed by atoms with Gasteiger partial charge in [0.1, 0.15) is 11.5 Å². The number of anilines is 1. The summed E-state index contributed by atoms with van der Waals surface area (Å²) in [7, 11) is 0. The summed E-state index contributed by atoms with van der Waals surface area (Å²) in [5.74, 6) is 1.23. The van der Waals surface area contributed by atoms with Crippen LogP contribution in [0.5, 0.6) is 11.5 Å². The number of benzene rings is 1. The van der Waals surface area contributed by atoms with Crippen molar-refractivity contribution in [3.63, 3.8) is 0 Å². The third-order valence-electron chi connectivity index (χ3n) is 1.96. The van der Waals surface area contributed by atoms with Crippen molar-refractivity contribution < 1.29 is 14.3 Å². The minimum absolute atomic E-state index is 0.125. The van der Waals surface area contributed by atoms with Gasteiger partial charge in [-0.25, -0.2) is 0 Å². The Morgan fingerprint density at radius 2 is 2.00 bits per heavy atom. The van der Waals surface area contributed by atoms with E-state index < -0.39 is 0 Å². The zero-order valence-corrected chi connectivity index (χ0v) is 11.5. The molecule has 1 amide bonds. The van der Waals surface area contributed by atoms with Gasteiger partial charge in [0.05, 0.1) is 24.2 Å². The van der Waals surface area contributed by atoms with Crippen molar-refractivity contribution in [1.82, 2.24) is 0 Å². The Kier molecular flexibility index (Phi) is 5.83. The standard InChI is InChI=1S/C12H16BrNO3/c1-3-16-9-5-6-11(17-4-2)10(7-9)14-12(15)8-13/h5-7H,3-4,8H2,1-2H3,(H,14,15). The first-order chi connectivity index (χ1) is 8.21. The smallest absolute Gasteiger partial charge is 0.235 e. The third kappa shape index (κ3) is 4.26. The highest BCUT2D eigenvalue weighted by Crippen LogP contribution is 2.29. The number of hydrogen-bond donors (Lipinski definition) is 1. The third-order valence-corrected chi connectivity index (χ3v) is 2.47. The fourth-order valence-electron chi connectivity index (χ4n) is 1.33. The molecule has 0 unspecified atom stereocenters. The van der Waals surface area contributed by atoms with Crippen molar-refractivity contribution in [2.24, 2.45) is 0 Å². The molecule has 5 heteroatoms. The number of carbonyl (C=O) groups is 1. The Morgan fingerprint density at radius 1 is 1.29 bits per heavy atom. The number of amides is 1. The number of hydrogen-bond acceptors (Lipinski definition) is 3. The van der Waals surface area contributed by atoms with Crippen molar-refractivity contribution in [3.05, 3.63) is 18.2 Å². The molecule has 0 spiro atoms. The van der Waals surface area contributed by atoms with Gasteiger partial charge in [0.15, 0.2) is 0 Å². The van der Waals surface area contributed by atoms with Crippen LogP contribution in [0.2, 0.25) is 0 Å². The summed E-state index contributed by atoms with van der Waals surface area (Å²) in [6.07, 6.45) is 0. The normalized spacial score (nSPS) is 9.82. The van der Waals surface area contributed by atoms with Crippen LogP contribution in [0.4, 0.5) is 5.69 Å². The van der Waals surface area contributed by atoms with E-state index >= 15 is 0 Å². The van der Waals surface area contributed by atoms with Crippen LogP contribution in [-0.4, -0.2) is 24.5 Å². The second kappa shape index (κ2) is 7.17. The SMILES string of the molecule is CCOc1ccc(OCC)c(NC(=O)CBr)c1. The number of alkyl halides is 1. The van der Waals surface area contributed by atoms with Gasteiger partial charge in [-0.15, -0.1) is 0 Å². The zero-order chi connectivity index (χ0) is 12.7. The Morgan fingerprint density at radius 3 is 2.59 bits per heavy atom. The van der Waals surface area contributed by atoms with Gasteiger partial charge in [0, 0.05) is 6.07 Å². The van der Waals surface area contributed by atoms with Gasteiger partial charge in [-0.2, -0.15) is 0 Å². The fraction of sp³-hybridized carbons (Fsp3) is 0.417. The van der Waals surface area contributed by atoms with E-state index in [-0.39, 0.29) is 11.2 Å². The average Bonchev–Trinajstić information content (AvgIpc) is 2.33. The van der Waals surface area contributed by atoms with Gasteiger partial charge in [0.25, 0.3) is 0 Å². The van der Waals surface area contributed by atoms with E-state index in [4.69, 9.17) is 9.47 Å². The van der Waals surface area contributed by atoms with Gasteiger partial charge < -0.3 is 14.8 Å². The van der Waals surface area contributed by atoms with Crippen molar-refractivity contribution >= 4 is 27.5 Å². The molecule has 0 bridgehead atoms. The van der Waals surface area contributed by atoms with Gasteiger partial charge >= 0.3 is 0 Å². The maximum Gasteiger partial charge on any atom is 0.235 e. The summed E-state index contributed by atoms with van der Waals surface area (Å²) < 4.78 is 10.8. The first-order valence-corrected chi connectivity index (χ1v) is 6.58. The Balaban J connectivity index is 2.93. The number of nitrogens with one attached hydrogen (secondary N) is 1. The van der Waals surface area contributed by atoms with Crippen molar-refractivity contribution in [2.75, 3.05) is 23.9 Å². The quantitative estimate of drug-likeness (QED) is 0.822. The largest absolute Gasteiger partial charge is 0.494 e. The molecule has 17 heavy (non-hydrogen) atoms. The fourth-order valence-corrected chi connectivity index (χ4v) is 1.47. The lowest BCUT2D eigenvalue weighted by Gasteiger charge is -2.12. The van der Waals surface area contributed by atoms with Crippen LogP contribution >= 0.6 is 15.9 Å². The molecule has 1 aromatic rings. The molecule has 4 nitrogen and oxygen atoms in total. The van der Waals surface area contributed by atoms with E-state index in [0.29, 0.717) is 30.4 Å². The van der Waals surface area contributed by atoms with E-state index in [2.05, 4.69) is 21.2 Å². The van der Waals surface area contributed by atoms with E-state index in [9.17, 15) is 4.79 Å². The molecule has 0 saturated heterocycles. The molecule has 1 rings (SSSR count). The molecule has 1 aromatic carbocycles. The lowest BCUT2D eigenvalue weighted by Crippen LogP contribution is -2.13. The predicted octanol–water partition coefficient (Wildman–Crippen LogP) is 2.82. The molecule has 0 heterocycles. The highest BCUT2D eigenvalue weighted by atomic mass is 79.9. The first kappa shape index (κ1) is 13.8. The van der Waals surface area contributed by atoms with E-state index in [1.165, 1.54) is 0 Å². The van der Waals surface area contributed by atoms with Gasteiger partial charge in [-0.05, 0) is 26.0 Å². The molecule has 0 aliphatic heterocycles. The van der Waals surface area contributed by atoms with Crippen molar-refractivity contribution in [3.8, 4) is 11.5 Å². The van der Waals surface area contributed by atoms with Crippen LogP contribution < -0.4 is 14.8 Å². The number of carbonyl (C=O) groups excluding carboxylic acids is 1. The Hall–Kier alpha value is -1.23. The zero-order valence-electron chi connectivity index (χ0n) is 9.96. The highest BCUT2D eigenvalue weighted by Gasteiger charge is 2.08. The predicted molar refractivity (Wildman–Crippen MR) is 71.2 cm³/mol. The average molecular weight is 302 g/mol. The lowest BCUT2D eigenvalue weighted by atomic mass is 10.2. The minimum atomic E-state index is -0.125. The van der Waals surface area contributed by atoms with E-state index in [1.807, 2.05) is 19.9 Å². The van der Waals surface area contributed by atoms with Crippen LogP contribution in [-0.2, 0) is 4.79 Å². The molecule has 0 aliphatic rings. The summed E-state index contributed by atoms with van der Waals surface area (Å²) in [5, 5.41) is 3.00. The molecule has 0 fully saturated rings. The maximum absolute atomic E-state index is 11.4. The van der Waals surface area contributed by atoms with Crippen molar-refractivity contribution in [2.45, 2.75) is 13.8 Å². The summed E-state index contributed by atoms with van der Waals surface area (Å²) in [4.78, 5) is 11.4. The lowest BCUT2D eigenvalue weighted by molar-refractivity contribution is -0.113. The number of rotatable bonds is 6. The van der Waals surface area contributed by atoms with Crippen LogP contribution in [0.3, 0.4) is 0 Å². The monoisotopic (exact) mass is 301 g/mol. The second-order valence-electron chi connectivity index (χ2n) is 3.21. The molecule has 0 radical (unpaired) electrons. The van der Waals surface area contributed by atoms with E-state index in [0.717, 1.165) is 0 Å². The Bertz CT molecular complexity index is 382.